The molecule has 49 heavy (non-hydrogen) atoms. The van der Waals surface area contributed by atoms with E-state index in [9.17, 15) is 19.2 Å². The number of rotatable bonds is 12. The topological polar surface area (TPSA) is 117 Å². The number of hydrogen-bond donors (Lipinski definition) is 3. The lowest BCUT2D eigenvalue weighted by Gasteiger charge is -2.33. The first-order valence-corrected chi connectivity index (χ1v) is 16.9. The average Bonchev–Trinajstić information content (AvgIpc) is 3.81. The van der Waals surface area contributed by atoms with Gasteiger partial charge in [-0.15, -0.1) is 0 Å². The maximum atomic E-state index is 14.7. The van der Waals surface area contributed by atoms with E-state index in [1.807, 2.05) is 78.9 Å². The zero-order chi connectivity index (χ0) is 34.2. The van der Waals surface area contributed by atoms with Gasteiger partial charge in [0.15, 0.2) is 0 Å². The molecule has 2 aliphatic rings. The van der Waals surface area contributed by atoms with E-state index >= 15 is 0 Å². The quantitative estimate of drug-likeness (QED) is 0.210. The predicted octanol–water partition coefficient (Wildman–Crippen LogP) is 4.34. The van der Waals surface area contributed by atoms with Crippen molar-refractivity contribution in [3.8, 4) is 5.75 Å². The molecule has 0 spiro atoms. The molecule has 1 aliphatic heterocycles. The lowest BCUT2D eigenvalue weighted by molar-refractivity contribution is -0.137. The van der Waals surface area contributed by atoms with Gasteiger partial charge in [-0.25, -0.2) is 0 Å². The van der Waals surface area contributed by atoms with Crippen molar-refractivity contribution in [2.45, 2.75) is 56.1 Å². The van der Waals surface area contributed by atoms with Crippen LogP contribution in [-0.2, 0) is 39.2 Å². The molecule has 4 aromatic carbocycles. The summed E-state index contributed by atoms with van der Waals surface area (Å²) in [5, 5.41) is 9.11. The molecule has 4 amide bonds. The maximum absolute atomic E-state index is 14.7. The van der Waals surface area contributed by atoms with Crippen LogP contribution in [0.2, 0.25) is 0 Å². The molecule has 1 saturated heterocycles. The van der Waals surface area contributed by atoms with Crippen molar-refractivity contribution in [1.29, 1.82) is 0 Å². The van der Waals surface area contributed by atoms with E-state index < -0.39 is 35.3 Å². The highest BCUT2D eigenvalue weighted by atomic mass is 16.5. The smallest absolute Gasteiger partial charge is 0.252 e. The monoisotopic (exact) mass is 658 g/mol. The zero-order valence-electron chi connectivity index (χ0n) is 27.7. The Morgan fingerprint density at radius 2 is 1.35 bits per heavy atom. The molecule has 3 atom stereocenters. The van der Waals surface area contributed by atoms with Gasteiger partial charge in [0.2, 0.25) is 11.8 Å². The largest absolute Gasteiger partial charge is 0.497 e. The Morgan fingerprint density at radius 3 is 1.96 bits per heavy atom. The van der Waals surface area contributed by atoms with Crippen LogP contribution in [0.4, 0.5) is 0 Å². The van der Waals surface area contributed by atoms with Crippen LogP contribution in [0.25, 0.3) is 0 Å². The van der Waals surface area contributed by atoms with Crippen LogP contribution in [0.5, 0.6) is 5.75 Å². The minimum absolute atomic E-state index is 0.136. The number of likely N-dealkylation sites (tertiary alicyclic amines) is 1. The second kappa shape index (κ2) is 15.2. The molecule has 9 nitrogen and oxygen atoms in total. The molecule has 3 unspecified atom stereocenters. The Balaban J connectivity index is 1.32. The van der Waals surface area contributed by atoms with Crippen molar-refractivity contribution in [2.75, 3.05) is 20.2 Å². The molecule has 0 bridgehead atoms. The van der Waals surface area contributed by atoms with E-state index in [0.29, 0.717) is 49.2 Å². The van der Waals surface area contributed by atoms with Crippen LogP contribution in [0.3, 0.4) is 0 Å². The molecule has 0 saturated carbocycles. The van der Waals surface area contributed by atoms with Gasteiger partial charge in [0.1, 0.15) is 23.4 Å². The van der Waals surface area contributed by atoms with Gasteiger partial charge in [0.25, 0.3) is 11.8 Å². The third-order valence-corrected chi connectivity index (χ3v) is 9.52. The van der Waals surface area contributed by atoms with Crippen molar-refractivity contribution in [2.24, 2.45) is 0 Å². The van der Waals surface area contributed by atoms with Crippen LogP contribution in [-0.4, -0.2) is 60.8 Å². The fraction of sp³-hybridized carbons (Fsp3) is 0.300. The minimum Gasteiger partial charge on any atom is -0.497 e. The standard InChI is InChI=1S/C40H42N4O5/c1-49-32-20-19-30-21-22-40(33(30)27-32,43-36(45)31-17-9-4-10-18-31)39(48)42-34(25-28-13-5-2-6-14-28)37(46)41-35(26-29-15-7-3-8-16-29)38(47)44-23-11-12-24-44/h2-10,13-20,27,34-35H,11-12,21-26H2,1H3,(H,41,46)(H,42,48)(H,43,45). The Labute approximate surface area is 287 Å². The molecule has 1 heterocycles. The number of carbonyl (C=O) groups excluding carboxylic acids is 4. The lowest BCUT2D eigenvalue weighted by Crippen LogP contribution is -2.61. The van der Waals surface area contributed by atoms with Crippen molar-refractivity contribution in [3.63, 3.8) is 0 Å². The molecular weight excluding hydrogens is 616 g/mol. The number of methoxy groups -OCH3 is 1. The minimum atomic E-state index is -1.47. The van der Waals surface area contributed by atoms with E-state index in [4.69, 9.17) is 4.74 Å². The van der Waals surface area contributed by atoms with Gasteiger partial charge in [0.05, 0.1) is 7.11 Å². The summed E-state index contributed by atoms with van der Waals surface area (Å²) in [6.07, 6.45) is 3.19. The number of fused-ring (bicyclic) bond motifs is 1. The third-order valence-electron chi connectivity index (χ3n) is 9.52. The first-order valence-electron chi connectivity index (χ1n) is 16.9. The summed E-state index contributed by atoms with van der Waals surface area (Å²) in [6.45, 7) is 1.30. The molecule has 9 heteroatoms. The number of amides is 4. The highest BCUT2D eigenvalue weighted by molar-refractivity contribution is 6.01. The number of nitrogens with zero attached hydrogens (tertiary/aromatic N) is 1. The second-order valence-electron chi connectivity index (χ2n) is 12.7. The molecule has 1 fully saturated rings. The summed E-state index contributed by atoms with van der Waals surface area (Å²) in [7, 11) is 1.55. The highest BCUT2D eigenvalue weighted by Gasteiger charge is 2.48. The van der Waals surface area contributed by atoms with Crippen molar-refractivity contribution >= 4 is 23.6 Å². The predicted molar refractivity (Wildman–Crippen MR) is 187 cm³/mol. The summed E-state index contributed by atoms with van der Waals surface area (Å²) >= 11 is 0. The Bertz CT molecular complexity index is 1780. The van der Waals surface area contributed by atoms with Crippen LogP contribution in [0.15, 0.2) is 109 Å². The number of carbonyl (C=O) groups is 4. The molecule has 252 valence electrons. The van der Waals surface area contributed by atoms with Gasteiger partial charge >= 0.3 is 0 Å². The van der Waals surface area contributed by atoms with E-state index in [0.717, 1.165) is 29.5 Å². The number of benzene rings is 4. The van der Waals surface area contributed by atoms with Crippen molar-refractivity contribution in [3.05, 3.63) is 137 Å². The molecule has 0 radical (unpaired) electrons. The Hall–Kier alpha value is -5.44. The first kappa shape index (κ1) is 33.5. The van der Waals surface area contributed by atoms with Crippen LogP contribution >= 0.6 is 0 Å². The van der Waals surface area contributed by atoms with E-state index in [-0.39, 0.29) is 12.3 Å². The normalized spacial score (nSPS) is 17.8. The summed E-state index contributed by atoms with van der Waals surface area (Å²) < 4.78 is 5.51. The summed E-state index contributed by atoms with van der Waals surface area (Å²) in [5.41, 5.74) is 2.23. The van der Waals surface area contributed by atoms with Crippen LogP contribution in [0, 0.1) is 0 Å². The number of ether oxygens (including phenoxy) is 1. The fourth-order valence-electron chi connectivity index (χ4n) is 6.85. The molecule has 1 aliphatic carbocycles. The van der Waals surface area contributed by atoms with E-state index in [1.165, 1.54) is 0 Å². The van der Waals surface area contributed by atoms with Gasteiger partial charge in [-0.2, -0.15) is 0 Å². The van der Waals surface area contributed by atoms with Crippen molar-refractivity contribution < 1.29 is 23.9 Å². The number of aryl methyl sites for hydroxylation is 1. The lowest BCUT2D eigenvalue weighted by atomic mass is 9.89. The van der Waals surface area contributed by atoms with Crippen molar-refractivity contribution in [1.82, 2.24) is 20.9 Å². The molecule has 4 aromatic rings. The van der Waals surface area contributed by atoms with Gasteiger partial charge in [-0.1, -0.05) is 84.9 Å². The highest BCUT2D eigenvalue weighted by Crippen LogP contribution is 2.40. The summed E-state index contributed by atoms with van der Waals surface area (Å²) in [6, 6.07) is 31.4. The van der Waals surface area contributed by atoms with Crippen LogP contribution in [0.1, 0.15) is 51.9 Å². The third kappa shape index (κ3) is 7.67. The van der Waals surface area contributed by atoms with Gasteiger partial charge in [-0.05, 0) is 72.2 Å². The van der Waals surface area contributed by atoms with Gasteiger partial charge in [-0.3, -0.25) is 19.2 Å². The second-order valence-corrected chi connectivity index (χ2v) is 12.7. The molecule has 0 aromatic heterocycles. The SMILES string of the molecule is COc1ccc2c(c1)C(NC(=O)c1ccccc1)(C(=O)NC(Cc1ccccc1)C(=O)NC(Cc1ccccc1)C(=O)N1CCCC1)CC2. The molecule has 6 rings (SSSR count). The summed E-state index contributed by atoms with van der Waals surface area (Å²) in [4.78, 5) is 58.2. The van der Waals surface area contributed by atoms with Gasteiger partial charge < -0.3 is 25.6 Å². The summed E-state index contributed by atoms with van der Waals surface area (Å²) in [5.74, 6) is -0.975. The zero-order valence-corrected chi connectivity index (χ0v) is 27.7. The van der Waals surface area contributed by atoms with E-state index in [1.54, 1.807) is 42.3 Å². The Kier molecular flexibility index (Phi) is 10.4. The molecular formula is C40H42N4O5. The van der Waals surface area contributed by atoms with E-state index in [2.05, 4.69) is 16.0 Å². The Morgan fingerprint density at radius 1 is 0.755 bits per heavy atom. The van der Waals surface area contributed by atoms with Crippen LogP contribution < -0.4 is 20.7 Å². The molecule has 3 N–H and O–H groups in total. The number of hydrogen-bond acceptors (Lipinski definition) is 5. The average molecular weight is 659 g/mol. The number of nitrogens with one attached hydrogen (secondary N) is 3. The van der Waals surface area contributed by atoms with Gasteiger partial charge in [0, 0.05) is 31.5 Å². The first-order chi connectivity index (χ1) is 23.9. The maximum Gasteiger partial charge on any atom is 0.252 e. The fourth-order valence-corrected chi connectivity index (χ4v) is 6.85.